The van der Waals surface area contributed by atoms with Crippen molar-refractivity contribution in [3.8, 4) is 11.3 Å². The van der Waals surface area contributed by atoms with E-state index in [1.807, 2.05) is 0 Å². The van der Waals surface area contributed by atoms with Crippen molar-refractivity contribution < 1.29 is 9.72 Å². The van der Waals surface area contributed by atoms with Gasteiger partial charge in [-0.05, 0) is 19.1 Å². The molecule has 1 amide bonds. The first-order valence-electron chi connectivity index (χ1n) is 7.08. The van der Waals surface area contributed by atoms with Crippen LogP contribution in [0.3, 0.4) is 0 Å². The van der Waals surface area contributed by atoms with Gasteiger partial charge < -0.3 is 0 Å². The number of nitrogens with one attached hydrogen (secondary N) is 1. The van der Waals surface area contributed by atoms with E-state index in [1.54, 1.807) is 36.6 Å². The number of nitro groups is 1. The van der Waals surface area contributed by atoms with Crippen molar-refractivity contribution >= 4 is 39.7 Å². The summed E-state index contributed by atoms with van der Waals surface area (Å²) in [4.78, 5) is 31.0. The highest BCUT2D eigenvalue weighted by atomic mass is 35.5. The van der Waals surface area contributed by atoms with E-state index in [-0.39, 0.29) is 16.4 Å². The van der Waals surface area contributed by atoms with E-state index in [0.29, 0.717) is 22.0 Å². The van der Waals surface area contributed by atoms with Gasteiger partial charge in [-0.2, -0.15) is 0 Å². The van der Waals surface area contributed by atoms with Crippen molar-refractivity contribution in [3.63, 3.8) is 0 Å². The smallest absolute Gasteiger partial charge is 0.272 e. The van der Waals surface area contributed by atoms with Crippen molar-refractivity contribution in [2.75, 3.05) is 5.32 Å². The Morgan fingerprint density at radius 2 is 2.16 bits per heavy atom. The number of halogens is 1. The number of carbonyl (C=O) groups is 1. The number of benzene rings is 1. The van der Waals surface area contributed by atoms with E-state index in [4.69, 9.17) is 11.6 Å². The van der Waals surface area contributed by atoms with Crippen LogP contribution in [0.25, 0.3) is 11.3 Å². The Kier molecular flexibility index (Phi) is 4.73. The molecule has 126 valence electrons. The van der Waals surface area contributed by atoms with Crippen molar-refractivity contribution in [1.82, 2.24) is 9.97 Å². The van der Waals surface area contributed by atoms with Gasteiger partial charge in [0.05, 0.1) is 16.2 Å². The molecule has 0 fully saturated rings. The summed E-state index contributed by atoms with van der Waals surface area (Å²) < 4.78 is 0. The third-order valence-corrected chi connectivity index (χ3v) is 4.49. The number of aryl methyl sites for hydroxylation is 1. The van der Waals surface area contributed by atoms with Crippen molar-refractivity contribution in [2.45, 2.75) is 6.92 Å². The van der Waals surface area contributed by atoms with Gasteiger partial charge in [-0.3, -0.25) is 20.2 Å². The third kappa shape index (κ3) is 3.65. The molecule has 0 aliphatic carbocycles. The lowest BCUT2D eigenvalue weighted by atomic mass is 10.1. The Balaban J connectivity index is 1.84. The minimum atomic E-state index is -0.432. The first kappa shape index (κ1) is 17.0. The van der Waals surface area contributed by atoms with Crippen LogP contribution in [-0.2, 0) is 0 Å². The fourth-order valence-electron chi connectivity index (χ4n) is 2.15. The van der Waals surface area contributed by atoms with Crippen LogP contribution >= 0.6 is 22.9 Å². The second kappa shape index (κ2) is 6.96. The summed E-state index contributed by atoms with van der Waals surface area (Å²) in [5.41, 5.74) is 1.99. The van der Waals surface area contributed by atoms with Gasteiger partial charge in [-0.1, -0.05) is 23.7 Å². The van der Waals surface area contributed by atoms with Crippen LogP contribution in [-0.4, -0.2) is 20.8 Å². The molecule has 0 aliphatic heterocycles. The molecule has 9 heteroatoms. The lowest BCUT2D eigenvalue weighted by Crippen LogP contribution is -2.12. The summed E-state index contributed by atoms with van der Waals surface area (Å²) >= 11 is 7.11. The molecule has 1 aromatic carbocycles. The third-order valence-electron chi connectivity index (χ3n) is 3.43. The molecule has 0 bridgehead atoms. The number of nitro benzene ring substituents is 1. The standard InChI is InChI=1S/C16H11ClN4O3S/c1-9-4-5-10(7-13(9)21(23)24)12-8-25-16(19-12)20-15(22)11-3-2-6-18-14(11)17/h2-8H,1H3,(H,19,20,22). The zero-order valence-corrected chi connectivity index (χ0v) is 14.5. The number of carbonyl (C=O) groups excluding carboxylic acids is 1. The molecule has 2 aromatic heterocycles. The number of hydrogen-bond acceptors (Lipinski definition) is 6. The summed E-state index contributed by atoms with van der Waals surface area (Å²) in [5, 5.41) is 15.9. The first-order valence-corrected chi connectivity index (χ1v) is 8.34. The van der Waals surface area contributed by atoms with Crippen LogP contribution in [0, 0.1) is 17.0 Å². The van der Waals surface area contributed by atoms with Crippen LogP contribution in [0.1, 0.15) is 15.9 Å². The number of thiazole rings is 1. The number of nitrogens with zero attached hydrogens (tertiary/aromatic N) is 3. The maximum absolute atomic E-state index is 12.2. The Labute approximate surface area is 151 Å². The summed E-state index contributed by atoms with van der Waals surface area (Å²) in [5.74, 6) is -0.422. The van der Waals surface area contributed by atoms with Crippen LogP contribution in [0.5, 0.6) is 0 Å². The predicted molar refractivity (Wildman–Crippen MR) is 96.1 cm³/mol. The number of pyridine rings is 1. The van der Waals surface area contributed by atoms with Crippen LogP contribution < -0.4 is 5.32 Å². The second-order valence-electron chi connectivity index (χ2n) is 5.09. The van der Waals surface area contributed by atoms with Crippen molar-refractivity contribution in [1.29, 1.82) is 0 Å². The maximum atomic E-state index is 12.2. The number of aromatic nitrogens is 2. The maximum Gasteiger partial charge on any atom is 0.272 e. The minimum Gasteiger partial charge on any atom is -0.298 e. The molecule has 0 atom stereocenters. The fourth-order valence-corrected chi connectivity index (χ4v) is 3.07. The predicted octanol–water partition coefficient (Wildman–Crippen LogP) is 4.33. The fraction of sp³-hybridized carbons (Fsp3) is 0.0625. The largest absolute Gasteiger partial charge is 0.298 e. The average molecular weight is 375 g/mol. The summed E-state index contributed by atoms with van der Waals surface area (Å²) in [6, 6.07) is 8.05. The van der Waals surface area contributed by atoms with Gasteiger partial charge in [0.2, 0.25) is 0 Å². The SMILES string of the molecule is Cc1ccc(-c2csc(NC(=O)c3cccnc3Cl)n2)cc1[N+](=O)[O-]. The lowest BCUT2D eigenvalue weighted by molar-refractivity contribution is -0.385. The molecule has 25 heavy (non-hydrogen) atoms. The van der Waals surface area contributed by atoms with E-state index in [0.717, 1.165) is 0 Å². The quantitative estimate of drug-likeness (QED) is 0.416. The molecule has 0 saturated heterocycles. The zero-order chi connectivity index (χ0) is 18.0. The Bertz CT molecular complexity index is 974. The first-order chi connectivity index (χ1) is 12.0. The summed E-state index contributed by atoms with van der Waals surface area (Å²) in [6.07, 6.45) is 1.49. The molecule has 2 heterocycles. The van der Waals surface area contributed by atoms with Gasteiger partial charge in [0.1, 0.15) is 5.15 Å². The van der Waals surface area contributed by atoms with Gasteiger partial charge in [0, 0.05) is 28.8 Å². The van der Waals surface area contributed by atoms with Crippen LogP contribution in [0.15, 0.2) is 41.9 Å². The van der Waals surface area contributed by atoms with Gasteiger partial charge >= 0.3 is 0 Å². The molecule has 3 rings (SSSR count). The Morgan fingerprint density at radius 3 is 2.88 bits per heavy atom. The average Bonchev–Trinajstić information content (AvgIpc) is 3.03. The molecule has 3 aromatic rings. The molecular weight excluding hydrogens is 364 g/mol. The molecule has 0 radical (unpaired) electrons. The Morgan fingerprint density at radius 1 is 1.36 bits per heavy atom. The molecule has 0 aliphatic rings. The highest BCUT2D eigenvalue weighted by Crippen LogP contribution is 2.29. The van der Waals surface area contributed by atoms with Gasteiger partial charge in [-0.15, -0.1) is 11.3 Å². The van der Waals surface area contributed by atoms with Crippen molar-refractivity contribution in [3.05, 3.63) is 68.3 Å². The van der Waals surface area contributed by atoms with Gasteiger partial charge in [0.15, 0.2) is 5.13 Å². The minimum absolute atomic E-state index is 0.0261. The molecule has 0 spiro atoms. The normalized spacial score (nSPS) is 10.5. The van der Waals surface area contributed by atoms with Crippen molar-refractivity contribution in [2.24, 2.45) is 0 Å². The number of amides is 1. The molecular formula is C16H11ClN4O3S. The molecule has 1 N–H and O–H groups in total. The van der Waals surface area contributed by atoms with E-state index in [2.05, 4.69) is 15.3 Å². The number of anilines is 1. The monoisotopic (exact) mass is 374 g/mol. The van der Waals surface area contributed by atoms with E-state index < -0.39 is 10.8 Å². The van der Waals surface area contributed by atoms with E-state index >= 15 is 0 Å². The lowest BCUT2D eigenvalue weighted by Gasteiger charge is -2.03. The van der Waals surface area contributed by atoms with Crippen LogP contribution in [0.2, 0.25) is 5.15 Å². The Hall–Kier alpha value is -2.84. The summed E-state index contributed by atoms with van der Waals surface area (Å²) in [6.45, 7) is 1.67. The highest BCUT2D eigenvalue weighted by Gasteiger charge is 2.16. The topological polar surface area (TPSA) is 98.0 Å². The number of rotatable bonds is 4. The van der Waals surface area contributed by atoms with Gasteiger partial charge in [-0.25, -0.2) is 9.97 Å². The molecule has 0 unspecified atom stereocenters. The van der Waals surface area contributed by atoms with E-state index in [9.17, 15) is 14.9 Å². The second-order valence-corrected chi connectivity index (χ2v) is 6.31. The highest BCUT2D eigenvalue weighted by molar-refractivity contribution is 7.14. The van der Waals surface area contributed by atoms with Crippen LogP contribution in [0.4, 0.5) is 10.8 Å². The summed E-state index contributed by atoms with van der Waals surface area (Å²) in [7, 11) is 0. The van der Waals surface area contributed by atoms with Gasteiger partial charge in [0.25, 0.3) is 11.6 Å². The zero-order valence-electron chi connectivity index (χ0n) is 12.9. The number of hydrogen-bond donors (Lipinski definition) is 1. The molecule has 0 saturated carbocycles. The molecule has 7 nitrogen and oxygen atoms in total. The van der Waals surface area contributed by atoms with E-state index in [1.165, 1.54) is 23.6 Å².